The SMILES string of the molecule is C#CCOc1ccc(Nc2nc(Nc3ccc(C)c(S(=O)(=O)NC(=O)CCCC)c3)ncc2F)cc1.[Na]. The average Bonchev–Trinajstić information content (AvgIpc) is 2.85. The molecule has 2 aromatic carbocycles. The molecule has 0 saturated carbocycles. The van der Waals surface area contributed by atoms with Gasteiger partial charge in [-0.15, -0.1) is 6.42 Å². The standard InChI is InChI=1S/C25H26FN5O4S.Na/c1-4-6-7-23(32)31-36(33,34)22-15-19(9-8-17(22)3)29-25-27-16-21(26)24(30-25)28-18-10-12-20(13-11-18)35-14-5-2;/h2,8-13,15-16H,4,6-7,14H2,1,3H3,(H,31,32)(H2,27,28,29,30);. The quantitative estimate of drug-likeness (QED) is 0.249. The third-order valence-electron chi connectivity index (χ3n) is 4.92. The molecule has 9 nitrogen and oxygen atoms in total. The van der Waals surface area contributed by atoms with Crippen molar-refractivity contribution in [3.63, 3.8) is 0 Å². The summed E-state index contributed by atoms with van der Waals surface area (Å²) >= 11 is 0. The first kappa shape index (κ1) is 30.1. The van der Waals surface area contributed by atoms with Crippen LogP contribution in [0.4, 0.5) is 27.5 Å². The molecule has 1 amide bonds. The summed E-state index contributed by atoms with van der Waals surface area (Å²) in [5.74, 6) is 1.63. The Bertz CT molecular complexity index is 1380. The molecule has 0 bridgehead atoms. The minimum Gasteiger partial charge on any atom is -0.481 e. The van der Waals surface area contributed by atoms with E-state index >= 15 is 0 Å². The maximum absolute atomic E-state index is 14.3. The van der Waals surface area contributed by atoms with Gasteiger partial charge >= 0.3 is 0 Å². The van der Waals surface area contributed by atoms with Crippen LogP contribution in [0.15, 0.2) is 53.6 Å². The zero-order valence-corrected chi connectivity index (χ0v) is 23.7. The summed E-state index contributed by atoms with van der Waals surface area (Å²) in [6.07, 6.45) is 7.63. The molecule has 0 aliphatic rings. The Kier molecular flexibility index (Phi) is 11.3. The van der Waals surface area contributed by atoms with E-state index in [9.17, 15) is 17.6 Å². The van der Waals surface area contributed by atoms with Gasteiger partial charge in [0.05, 0.1) is 11.1 Å². The summed E-state index contributed by atoms with van der Waals surface area (Å²) in [7, 11) is -4.07. The predicted molar refractivity (Wildman–Crippen MR) is 141 cm³/mol. The number of nitrogens with one attached hydrogen (secondary N) is 3. The fourth-order valence-electron chi connectivity index (χ4n) is 3.10. The van der Waals surface area contributed by atoms with E-state index in [1.807, 2.05) is 6.92 Å². The first-order chi connectivity index (χ1) is 17.2. The number of aromatic nitrogens is 2. The van der Waals surface area contributed by atoms with Crippen molar-refractivity contribution in [3.05, 3.63) is 60.0 Å². The topological polar surface area (TPSA) is 122 Å². The van der Waals surface area contributed by atoms with Crippen molar-refractivity contribution >= 4 is 68.6 Å². The van der Waals surface area contributed by atoms with E-state index in [1.165, 1.54) is 6.07 Å². The Hall–Kier alpha value is -3.17. The largest absolute Gasteiger partial charge is 0.481 e. The number of nitrogens with zero attached hydrogens (tertiary/aromatic N) is 2. The summed E-state index contributed by atoms with van der Waals surface area (Å²) in [5.41, 5.74) is 1.34. The minimum absolute atomic E-state index is 0. The number of ether oxygens (including phenoxy) is 1. The van der Waals surface area contributed by atoms with Crippen molar-refractivity contribution in [2.45, 2.75) is 38.0 Å². The molecule has 37 heavy (non-hydrogen) atoms. The van der Waals surface area contributed by atoms with Crippen molar-refractivity contribution in [1.29, 1.82) is 0 Å². The zero-order chi connectivity index (χ0) is 26.1. The summed E-state index contributed by atoms with van der Waals surface area (Å²) in [5, 5.41) is 5.73. The van der Waals surface area contributed by atoms with E-state index in [2.05, 4.69) is 31.2 Å². The van der Waals surface area contributed by atoms with Crippen molar-refractivity contribution in [2.24, 2.45) is 0 Å². The maximum Gasteiger partial charge on any atom is 0.264 e. The number of hydrogen-bond acceptors (Lipinski definition) is 8. The van der Waals surface area contributed by atoms with Crippen molar-refractivity contribution in [3.8, 4) is 18.1 Å². The molecule has 1 aromatic heterocycles. The van der Waals surface area contributed by atoms with Gasteiger partial charge in [-0.1, -0.05) is 25.3 Å². The molecule has 0 unspecified atom stereocenters. The molecule has 0 fully saturated rings. The molecular formula is C25H26FN5NaO4S. The van der Waals surface area contributed by atoms with Gasteiger partial charge in [-0.3, -0.25) is 4.79 Å². The zero-order valence-electron chi connectivity index (χ0n) is 20.8. The molecular weight excluding hydrogens is 508 g/mol. The molecule has 1 heterocycles. The molecule has 3 aromatic rings. The van der Waals surface area contributed by atoms with Crippen LogP contribution < -0.4 is 20.1 Å². The smallest absolute Gasteiger partial charge is 0.264 e. The number of sulfonamides is 1. The number of benzene rings is 2. The van der Waals surface area contributed by atoms with Crippen LogP contribution >= 0.6 is 0 Å². The van der Waals surface area contributed by atoms with Gasteiger partial charge in [-0.05, 0) is 55.3 Å². The Balaban J connectivity index is 0.00000481. The number of hydrogen-bond donors (Lipinski definition) is 3. The summed E-state index contributed by atoms with van der Waals surface area (Å²) in [6.45, 7) is 3.66. The van der Waals surface area contributed by atoms with E-state index in [0.29, 0.717) is 29.1 Å². The molecule has 3 rings (SSSR count). The van der Waals surface area contributed by atoms with Gasteiger partial charge in [0.1, 0.15) is 12.4 Å². The van der Waals surface area contributed by atoms with Gasteiger partial charge < -0.3 is 15.4 Å². The number of carbonyl (C=O) groups excluding carboxylic acids is 1. The van der Waals surface area contributed by atoms with E-state index in [-0.39, 0.29) is 59.2 Å². The molecule has 3 N–H and O–H groups in total. The second kappa shape index (κ2) is 13.9. The number of unbranched alkanes of at least 4 members (excludes halogenated alkanes) is 1. The predicted octanol–water partition coefficient (Wildman–Crippen LogP) is 4.04. The Labute approximate surface area is 238 Å². The van der Waals surface area contributed by atoms with Crippen molar-refractivity contribution < 1.29 is 22.3 Å². The number of rotatable bonds is 11. The number of aryl methyl sites for hydroxylation is 1. The molecule has 1 radical (unpaired) electrons. The molecule has 0 aliphatic heterocycles. The minimum atomic E-state index is -4.07. The molecule has 189 valence electrons. The van der Waals surface area contributed by atoms with Crippen LogP contribution in [0, 0.1) is 25.1 Å². The van der Waals surface area contributed by atoms with Gasteiger partial charge in [0, 0.05) is 47.4 Å². The van der Waals surface area contributed by atoms with Crippen LogP contribution in [0.1, 0.15) is 31.7 Å². The fourth-order valence-corrected chi connectivity index (χ4v) is 4.39. The van der Waals surface area contributed by atoms with E-state index in [1.54, 1.807) is 43.3 Å². The number of halogens is 1. The second-order valence-electron chi connectivity index (χ2n) is 7.77. The molecule has 0 atom stereocenters. The van der Waals surface area contributed by atoms with E-state index < -0.39 is 21.7 Å². The number of anilines is 4. The van der Waals surface area contributed by atoms with Gasteiger partial charge in [0.15, 0.2) is 11.6 Å². The molecule has 0 saturated heterocycles. The Morgan fingerprint density at radius 1 is 1.14 bits per heavy atom. The van der Waals surface area contributed by atoms with Crippen LogP contribution in [0.5, 0.6) is 5.75 Å². The van der Waals surface area contributed by atoms with Crippen LogP contribution in [0.2, 0.25) is 0 Å². The van der Waals surface area contributed by atoms with Crippen LogP contribution in [0.3, 0.4) is 0 Å². The fraction of sp³-hybridized carbons (Fsp3) is 0.240. The van der Waals surface area contributed by atoms with E-state index in [4.69, 9.17) is 11.2 Å². The third kappa shape index (κ3) is 8.72. The Morgan fingerprint density at radius 2 is 1.84 bits per heavy atom. The van der Waals surface area contributed by atoms with E-state index in [0.717, 1.165) is 12.6 Å². The molecule has 12 heteroatoms. The van der Waals surface area contributed by atoms with Crippen molar-refractivity contribution in [1.82, 2.24) is 14.7 Å². The van der Waals surface area contributed by atoms with Crippen LogP contribution in [-0.2, 0) is 14.8 Å². The number of amides is 1. The van der Waals surface area contributed by atoms with Gasteiger partial charge in [0.2, 0.25) is 11.9 Å². The number of carbonyl (C=O) groups is 1. The van der Waals surface area contributed by atoms with Crippen LogP contribution in [-0.4, -0.2) is 60.5 Å². The monoisotopic (exact) mass is 534 g/mol. The summed E-state index contributed by atoms with van der Waals surface area (Å²) in [4.78, 5) is 20.0. The molecule has 0 aliphatic carbocycles. The van der Waals surface area contributed by atoms with Crippen molar-refractivity contribution in [2.75, 3.05) is 17.2 Å². The summed E-state index contributed by atoms with van der Waals surface area (Å²) in [6, 6.07) is 11.3. The third-order valence-corrected chi connectivity index (χ3v) is 6.44. The van der Waals surface area contributed by atoms with Crippen LogP contribution in [0.25, 0.3) is 0 Å². The van der Waals surface area contributed by atoms with Gasteiger partial charge in [-0.2, -0.15) is 4.98 Å². The Morgan fingerprint density at radius 3 is 2.51 bits per heavy atom. The van der Waals surface area contributed by atoms with Gasteiger partial charge in [0.25, 0.3) is 10.0 Å². The number of terminal acetylenes is 1. The summed E-state index contributed by atoms with van der Waals surface area (Å²) < 4.78 is 47.2. The maximum atomic E-state index is 14.3. The average molecular weight is 535 g/mol. The second-order valence-corrected chi connectivity index (χ2v) is 9.42. The normalized spacial score (nSPS) is 10.5. The molecule has 0 spiro atoms. The first-order valence-corrected chi connectivity index (χ1v) is 12.6. The van der Waals surface area contributed by atoms with Gasteiger partial charge in [-0.25, -0.2) is 22.5 Å². The first-order valence-electron chi connectivity index (χ1n) is 11.1.